The van der Waals surface area contributed by atoms with E-state index in [2.05, 4.69) is 15.3 Å². The maximum Gasteiger partial charge on any atom is 0.234 e. The molecule has 0 fully saturated rings. The molecule has 0 saturated carbocycles. The summed E-state index contributed by atoms with van der Waals surface area (Å²) in [6.07, 6.45) is 0. The van der Waals surface area contributed by atoms with E-state index in [1.807, 2.05) is 24.3 Å². The number of anilines is 1. The van der Waals surface area contributed by atoms with Crippen LogP contribution >= 0.6 is 23.4 Å². The lowest BCUT2D eigenvalue weighted by Crippen LogP contribution is -2.14. The van der Waals surface area contributed by atoms with Gasteiger partial charge in [-0.05, 0) is 36.4 Å². The third kappa shape index (κ3) is 3.81. The number of nitrogens with zero attached hydrogens (tertiary/aromatic N) is 1. The first-order valence-electron chi connectivity index (χ1n) is 6.77. The summed E-state index contributed by atoms with van der Waals surface area (Å²) in [6, 6.07) is 14.9. The van der Waals surface area contributed by atoms with E-state index in [9.17, 15) is 4.79 Å². The summed E-state index contributed by atoms with van der Waals surface area (Å²) in [5, 5.41) is 3.48. The van der Waals surface area contributed by atoms with E-state index in [4.69, 9.17) is 11.6 Å². The number of hydrogen-bond acceptors (Lipinski definition) is 3. The van der Waals surface area contributed by atoms with Crippen LogP contribution < -0.4 is 5.32 Å². The number of para-hydroxylation sites is 2. The number of hydrogen-bond donors (Lipinski definition) is 2. The number of H-pyrrole nitrogens is 1. The van der Waals surface area contributed by atoms with E-state index >= 15 is 0 Å². The number of aromatic amines is 1. The fourth-order valence-electron chi connectivity index (χ4n) is 2.04. The molecule has 6 heteroatoms. The van der Waals surface area contributed by atoms with Crippen molar-refractivity contribution >= 4 is 46.0 Å². The number of amides is 1. The fourth-order valence-corrected chi connectivity index (χ4v) is 2.86. The number of thioether (sulfide) groups is 1. The summed E-state index contributed by atoms with van der Waals surface area (Å²) in [5.74, 6) is 1.89. The fraction of sp³-hybridized carbons (Fsp3) is 0.125. The summed E-state index contributed by atoms with van der Waals surface area (Å²) in [5.41, 5.74) is 2.71. The topological polar surface area (TPSA) is 57.8 Å². The van der Waals surface area contributed by atoms with Gasteiger partial charge in [0.25, 0.3) is 0 Å². The smallest absolute Gasteiger partial charge is 0.234 e. The number of imidazole rings is 1. The molecule has 0 aliphatic heterocycles. The SMILES string of the molecule is O=C(CSCc1nc2ccccc2[nH]1)Nc1ccc(Cl)cc1. The number of carbonyl (C=O) groups is 1. The van der Waals surface area contributed by atoms with Crippen LogP contribution in [-0.4, -0.2) is 21.6 Å². The molecule has 0 saturated heterocycles. The minimum Gasteiger partial charge on any atom is -0.341 e. The lowest BCUT2D eigenvalue weighted by Gasteiger charge is -2.04. The van der Waals surface area contributed by atoms with Gasteiger partial charge in [-0.25, -0.2) is 4.98 Å². The molecule has 2 aromatic carbocycles. The van der Waals surface area contributed by atoms with Crippen molar-refractivity contribution in [1.82, 2.24) is 9.97 Å². The maximum atomic E-state index is 11.9. The molecule has 1 aromatic heterocycles. The molecule has 1 heterocycles. The molecule has 112 valence electrons. The zero-order valence-electron chi connectivity index (χ0n) is 11.7. The van der Waals surface area contributed by atoms with E-state index in [1.54, 1.807) is 24.3 Å². The van der Waals surface area contributed by atoms with Gasteiger partial charge >= 0.3 is 0 Å². The number of carbonyl (C=O) groups excluding carboxylic acids is 1. The second-order valence-electron chi connectivity index (χ2n) is 4.75. The molecule has 3 aromatic rings. The van der Waals surface area contributed by atoms with Crippen LogP contribution in [0.3, 0.4) is 0 Å². The number of aromatic nitrogens is 2. The summed E-state index contributed by atoms with van der Waals surface area (Å²) < 4.78 is 0. The van der Waals surface area contributed by atoms with E-state index in [0.29, 0.717) is 16.5 Å². The molecule has 0 bridgehead atoms. The number of rotatable bonds is 5. The zero-order chi connectivity index (χ0) is 15.4. The van der Waals surface area contributed by atoms with E-state index < -0.39 is 0 Å². The zero-order valence-corrected chi connectivity index (χ0v) is 13.2. The normalized spacial score (nSPS) is 10.8. The Morgan fingerprint density at radius 2 is 1.95 bits per heavy atom. The summed E-state index contributed by atoms with van der Waals surface area (Å²) in [4.78, 5) is 19.6. The number of nitrogens with one attached hydrogen (secondary N) is 2. The molecule has 1 amide bonds. The van der Waals surface area contributed by atoms with E-state index in [1.165, 1.54) is 11.8 Å². The molecule has 0 atom stereocenters. The van der Waals surface area contributed by atoms with Crippen LogP contribution in [0.1, 0.15) is 5.82 Å². The Hall–Kier alpha value is -1.98. The van der Waals surface area contributed by atoms with Crippen molar-refractivity contribution in [1.29, 1.82) is 0 Å². The van der Waals surface area contributed by atoms with Crippen molar-refractivity contribution in [3.8, 4) is 0 Å². The molecule has 0 aliphatic carbocycles. The lowest BCUT2D eigenvalue weighted by molar-refractivity contribution is -0.113. The van der Waals surface area contributed by atoms with Gasteiger partial charge in [0.2, 0.25) is 5.91 Å². The highest BCUT2D eigenvalue weighted by Gasteiger charge is 2.05. The Bertz CT molecular complexity index is 752. The first-order valence-corrected chi connectivity index (χ1v) is 8.31. The highest BCUT2D eigenvalue weighted by atomic mass is 35.5. The predicted octanol–water partition coefficient (Wildman–Crippen LogP) is 4.09. The number of benzene rings is 2. The van der Waals surface area contributed by atoms with Crippen molar-refractivity contribution < 1.29 is 4.79 Å². The average molecular weight is 332 g/mol. The first kappa shape index (κ1) is 14.9. The molecule has 0 spiro atoms. The Morgan fingerprint density at radius 3 is 2.73 bits per heavy atom. The van der Waals surface area contributed by atoms with Crippen LogP contribution in [0.4, 0.5) is 5.69 Å². The van der Waals surface area contributed by atoms with Gasteiger partial charge in [-0.3, -0.25) is 4.79 Å². The number of fused-ring (bicyclic) bond motifs is 1. The molecule has 0 unspecified atom stereocenters. The number of halogens is 1. The summed E-state index contributed by atoms with van der Waals surface area (Å²) in [6.45, 7) is 0. The average Bonchev–Trinajstić information content (AvgIpc) is 2.92. The Balaban J connectivity index is 1.49. The van der Waals surface area contributed by atoms with Gasteiger partial charge in [0.05, 0.1) is 22.5 Å². The third-order valence-electron chi connectivity index (χ3n) is 3.04. The molecule has 3 rings (SSSR count). The lowest BCUT2D eigenvalue weighted by atomic mass is 10.3. The van der Waals surface area contributed by atoms with E-state index in [-0.39, 0.29) is 5.91 Å². The van der Waals surface area contributed by atoms with Crippen molar-refractivity contribution in [2.24, 2.45) is 0 Å². The molecule has 0 aliphatic rings. The van der Waals surface area contributed by atoms with Crippen molar-refractivity contribution in [3.05, 3.63) is 59.4 Å². The summed E-state index contributed by atoms with van der Waals surface area (Å²) >= 11 is 7.33. The van der Waals surface area contributed by atoms with Crippen molar-refractivity contribution in [2.45, 2.75) is 5.75 Å². The van der Waals surface area contributed by atoms with Gasteiger partial charge in [0, 0.05) is 10.7 Å². The van der Waals surface area contributed by atoms with Crippen molar-refractivity contribution in [3.63, 3.8) is 0 Å². The minimum atomic E-state index is -0.0385. The Morgan fingerprint density at radius 1 is 1.18 bits per heavy atom. The highest BCUT2D eigenvalue weighted by Crippen LogP contribution is 2.16. The first-order chi connectivity index (χ1) is 10.7. The van der Waals surface area contributed by atoms with Gasteiger partial charge in [-0.15, -0.1) is 11.8 Å². The second kappa shape index (κ2) is 6.85. The standard InChI is InChI=1S/C16H14ClN3OS/c17-11-5-7-12(8-6-11)18-16(21)10-22-9-15-19-13-3-1-2-4-14(13)20-15/h1-8H,9-10H2,(H,18,21)(H,19,20). The highest BCUT2D eigenvalue weighted by molar-refractivity contribution is 7.99. The third-order valence-corrected chi connectivity index (χ3v) is 4.23. The van der Waals surface area contributed by atoms with Crippen LogP contribution in [0.25, 0.3) is 11.0 Å². The second-order valence-corrected chi connectivity index (χ2v) is 6.17. The predicted molar refractivity (Wildman–Crippen MR) is 92.3 cm³/mol. The Labute approximate surface area is 137 Å². The van der Waals surface area contributed by atoms with Gasteiger partial charge < -0.3 is 10.3 Å². The van der Waals surface area contributed by atoms with Crippen LogP contribution in [-0.2, 0) is 10.5 Å². The monoisotopic (exact) mass is 331 g/mol. The van der Waals surface area contributed by atoms with Gasteiger partial charge in [-0.1, -0.05) is 23.7 Å². The molecule has 4 nitrogen and oxygen atoms in total. The van der Waals surface area contributed by atoms with Gasteiger partial charge in [0.15, 0.2) is 0 Å². The molecule has 2 N–H and O–H groups in total. The van der Waals surface area contributed by atoms with E-state index in [0.717, 1.165) is 22.5 Å². The van der Waals surface area contributed by atoms with Gasteiger partial charge in [0.1, 0.15) is 5.82 Å². The molecule has 22 heavy (non-hydrogen) atoms. The quantitative estimate of drug-likeness (QED) is 0.740. The van der Waals surface area contributed by atoms with Gasteiger partial charge in [-0.2, -0.15) is 0 Å². The molecule has 0 radical (unpaired) electrons. The molecular formula is C16H14ClN3OS. The van der Waals surface area contributed by atoms with Crippen LogP contribution in [0, 0.1) is 0 Å². The Kier molecular flexibility index (Phi) is 4.65. The summed E-state index contributed by atoms with van der Waals surface area (Å²) in [7, 11) is 0. The van der Waals surface area contributed by atoms with Crippen LogP contribution in [0.15, 0.2) is 48.5 Å². The van der Waals surface area contributed by atoms with Crippen molar-refractivity contribution in [2.75, 3.05) is 11.1 Å². The van der Waals surface area contributed by atoms with Crippen LogP contribution in [0.5, 0.6) is 0 Å². The minimum absolute atomic E-state index is 0.0385. The molecular weight excluding hydrogens is 318 g/mol. The van der Waals surface area contributed by atoms with Crippen LogP contribution in [0.2, 0.25) is 5.02 Å². The maximum absolute atomic E-state index is 11.9. The largest absolute Gasteiger partial charge is 0.341 e.